The van der Waals surface area contributed by atoms with Crippen molar-refractivity contribution in [2.45, 2.75) is 52.4 Å². The van der Waals surface area contributed by atoms with Crippen LogP contribution in [0, 0.1) is 16.7 Å². The highest BCUT2D eigenvalue weighted by Crippen LogP contribution is 2.47. The van der Waals surface area contributed by atoms with E-state index in [0.717, 1.165) is 5.56 Å². The van der Waals surface area contributed by atoms with Crippen molar-refractivity contribution in [2.75, 3.05) is 0 Å². The number of nitrogens with zero attached hydrogens (tertiary/aromatic N) is 1. The highest BCUT2D eigenvalue weighted by Gasteiger charge is 2.42. The van der Waals surface area contributed by atoms with Crippen LogP contribution in [-0.2, 0) is 14.3 Å². The number of carbonyl (C=O) groups excluding carboxylic acids is 2. The Kier molecular flexibility index (Phi) is 5.28. The van der Waals surface area contributed by atoms with Crippen LogP contribution in [0.25, 0.3) is 0 Å². The maximum atomic E-state index is 12.9. The normalized spacial score (nSPS) is 20.9. The fourth-order valence-corrected chi connectivity index (χ4v) is 3.73. The van der Waals surface area contributed by atoms with Gasteiger partial charge in [-0.05, 0) is 29.5 Å². The Bertz CT molecular complexity index is 917. The lowest BCUT2D eigenvalue weighted by atomic mass is 9.70. The molecule has 2 N–H and O–H groups in total. The Morgan fingerprint density at radius 1 is 1.32 bits per heavy atom. The maximum Gasteiger partial charge on any atom is 0.311 e. The summed E-state index contributed by atoms with van der Waals surface area (Å²) in [5.41, 5.74) is 7.25. The van der Waals surface area contributed by atoms with Gasteiger partial charge in [-0.3, -0.25) is 9.59 Å². The second-order valence-electron chi connectivity index (χ2n) is 8.00. The molecule has 28 heavy (non-hydrogen) atoms. The molecular formula is C22H24N2O4. The molecular weight excluding hydrogens is 356 g/mol. The van der Waals surface area contributed by atoms with Crippen molar-refractivity contribution in [1.82, 2.24) is 0 Å². The van der Waals surface area contributed by atoms with Crippen molar-refractivity contribution in [1.29, 1.82) is 5.26 Å². The molecule has 0 saturated carbocycles. The van der Waals surface area contributed by atoms with Crippen molar-refractivity contribution in [2.24, 2.45) is 11.1 Å². The molecule has 6 heteroatoms. The van der Waals surface area contributed by atoms with Crippen LogP contribution in [0.15, 0.2) is 47.1 Å². The molecule has 0 spiro atoms. The van der Waals surface area contributed by atoms with Gasteiger partial charge >= 0.3 is 5.97 Å². The van der Waals surface area contributed by atoms with E-state index in [1.807, 2.05) is 20.8 Å². The summed E-state index contributed by atoms with van der Waals surface area (Å²) in [5.74, 6) is 0.108. The Morgan fingerprint density at radius 3 is 2.61 bits per heavy atom. The number of nitrogens with two attached hydrogens (primary N) is 1. The minimum atomic E-state index is -0.572. The first-order valence-electron chi connectivity index (χ1n) is 9.40. The van der Waals surface area contributed by atoms with E-state index in [1.165, 1.54) is 0 Å². The van der Waals surface area contributed by atoms with Gasteiger partial charge in [-0.15, -0.1) is 0 Å². The highest BCUT2D eigenvalue weighted by molar-refractivity contribution is 6.00. The molecule has 2 aliphatic rings. The van der Waals surface area contributed by atoms with Crippen molar-refractivity contribution < 1.29 is 19.1 Å². The topological polar surface area (TPSA) is 102 Å². The molecule has 1 aliphatic heterocycles. The zero-order chi connectivity index (χ0) is 20.5. The number of nitriles is 1. The van der Waals surface area contributed by atoms with Gasteiger partial charge in [0.25, 0.3) is 0 Å². The second kappa shape index (κ2) is 7.51. The molecule has 6 nitrogen and oxygen atoms in total. The van der Waals surface area contributed by atoms with Crippen LogP contribution in [-0.4, -0.2) is 11.8 Å². The number of carbonyl (C=O) groups is 2. The summed E-state index contributed by atoms with van der Waals surface area (Å²) in [7, 11) is 0. The highest BCUT2D eigenvalue weighted by atomic mass is 16.5. The molecule has 0 bridgehead atoms. The lowest BCUT2D eigenvalue weighted by Crippen LogP contribution is -2.33. The first-order valence-corrected chi connectivity index (χ1v) is 9.40. The van der Waals surface area contributed by atoms with Crippen LogP contribution in [0.1, 0.15) is 57.9 Å². The molecule has 1 aromatic rings. The van der Waals surface area contributed by atoms with E-state index in [2.05, 4.69) is 6.07 Å². The van der Waals surface area contributed by atoms with Crippen molar-refractivity contribution in [3.63, 3.8) is 0 Å². The lowest BCUT2D eigenvalue weighted by Gasteiger charge is -2.37. The Morgan fingerprint density at radius 2 is 2.00 bits per heavy atom. The maximum absolute atomic E-state index is 12.9. The van der Waals surface area contributed by atoms with Crippen LogP contribution >= 0.6 is 0 Å². The minimum absolute atomic E-state index is 0.0325. The molecule has 3 rings (SSSR count). The quantitative estimate of drug-likeness (QED) is 0.629. The molecule has 0 unspecified atom stereocenters. The molecule has 1 aliphatic carbocycles. The fraction of sp³-hybridized carbons (Fsp3) is 0.409. The smallest absolute Gasteiger partial charge is 0.311 e. The SMILES string of the molecule is CCCC(=O)Oc1ccc([C@@H]2C(C#N)=C(N)OC3=C2C(=O)CC(C)(C)C3)cc1. The summed E-state index contributed by atoms with van der Waals surface area (Å²) in [5, 5.41) is 9.63. The van der Waals surface area contributed by atoms with Crippen molar-refractivity contribution in [3.05, 3.63) is 52.6 Å². The molecule has 0 amide bonds. The van der Waals surface area contributed by atoms with Gasteiger partial charge in [0.15, 0.2) is 5.78 Å². The number of ether oxygens (including phenoxy) is 2. The Labute approximate surface area is 164 Å². The molecule has 0 saturated heterocycles. The third-order valence-electron chi connectivity index (χ3n) is 4.97. The largest absolute Gasteiger partial charge is 0.444 e. The van der Waals surface area contributed by atoms with Gasteiger partial charge in [-0.25, -0.2) is 0 Å². The van der Waals surface area contributed by atoms with E-state index >= 15 is 0 Å². The number of esters is 1. The van der Waals surface area contributed by atoms with Gasteiger partial charge in [0.05, 0.1) is 5.92 Å². The predicted octanol–water partition coefficient (Wildman–Crippen LogP) is 3.84. The van der Waals surface area contributed by atoms with Crippen LogP contribution in [0.2, 0.25) is 0 Å². The van der Waals surface area contributed by atoms with Gasteiger partial charge in [0, 0.05) is 24.8 Å². The molecule has 0 fully saturated rings. The summed E-state index contributed by atoms with van der Waals surface area (Å²) in [4.78, 5) is 24.6. The van der Waals surface area contributed by atoms with E-state index in [1.54, 1.807) is 24.3 Å². The van der Waals surface area contributed by atoms with E-state index in [4.69, 9.17) is 15.2 Å². The Balaban J connectivity index is 1.98. The van der Waals surface area contributed by atoms with E-state index in [0.29, 0.717) is 42.8 Å². The number of rotatable bonds is 4. The molecule has 1 heterocycles. The van der Waals surface area contributed by atoms with Gasteiger partial charge in [-0.2, -0.15) is 5.26 Å². The number of hydrogen-bond donors (Lipinski definition) is 1. The van der Waals surface area contributed by atoms with Crippen LogP contribution in [0.5, 0.6) is 5.75 Å². The zero-order valence-corrected chi connectivity index (χ0v) is 16.4. The molecule has 146 valence electrons. The van der Waals surface area contributed by atoms with Crippen molar-refractivity contribution in [3.8, 4) is 11.8 Å². The summed E-state index contributed by atoms with van der Waals surface area (Å²) in [6.07, 6.45) is 2.03. The van der Waals surface area contributed by atoms with E-state index in [-0.39, 0.29) is 28.6 Å². The summed E-state index contributed by atoms with van der Waals surface area (Å²) < 4.78 is 11.0. The first-order chi connectivity index (χ1) is 13.3. The number of hydrogen-bond acceptors (Lipinski definition) is 6. The number of allylic oxidation sites excluding steroid dienone is 3. The minimum Gasteiger partial charge on any atom is -0.444 e. The average Bonchev–Trinajstić information content (AvgIpc) is 2.60. The summed E-state index contributed by atoms with van der Waals surface area (Å²) in [6.45, 7) is 5.92. The lowest BCUT2D eigenvalue weighted by molar-refractivity contribution is -0.134. The molecule has 1 aromatic carbocycles. The number of ketones is 1. The monoisotopic (exact) mass is 380 g/mol. The molecule has 0 radical (unpaired) electrons. The fourth-order valence-electron chi connectivity index (χ4n) is 3.73. The van der Waals surface area contributed by atoms with Gasteiger partial charge in [0.2, 0.25) is 5.88 Å². The summed E-state index contributed by atoms with van der Waals surface area (Å²) >= 11 is 0. The predicted molar refractivity (Wildman–Crippen MR) is 103 cm³/mol. The van der Waals surface area contributed by atoms with Crippen LogP contribution in [0.3, 0.4) is 0 Å². The standard InChI is InChI=1S/C22H24N2O4/c1-4-5-18(26)27-14-8-6-13(7-9-14)19-15(12-23)21(24)28-17-11-22(2,3)10-16(25)20(17)19/h6-9,19H,4-5,10-11,24H2,1-3H3/t19-/m1/s1. The molecule has 1 atom stereocenters. The van der Waals surface area contributed by atoms with E-state index in [9.17, 15) is 14.9 Å². The average molecular weight is 380 g/mol. The van der Waals surface area contributed by atoms with Gasteiger partial charge in [-0.1, -0.05) is 32.9 Å². The van der Waals surface area contributed by atoms with Gasteiger partial charge in [0.1, 0.15) is 23.2 Å². The second-order valence-corrected chi connectivity index (χ2v) is 8.00. The zero-order valence-electron chi connectivity index (χ0n) is 16.4. The Hall–Kier alpha value is -3.07. The van der Waals surface area contributed by atoms with Gasteiger partial charge < -0.3 is 15.2 Å². The molecule has 0 aromatic heterocycles. The summed E-state index contributed by atoms with van der Waals surface area (Å²) in [6, 6.07) is 8.95. The van der Waals surface area contributed by atoms with Crippen LogP contribution in [0.4, 0.5) is 0 Å². The number of Topliss-reactive ketones (excluding diaryl/α,β-unsaturated/α-hetero) is 1. The third kappa shape index (κ3) is 3.79. The third-order valence-corrected chi connectivity index (χ3v) is 4.97. The number of benzene rings is 1. The first kappa shape index (κ1) is 19.7. The van der Waals surface area contributed by atoms with Crippen molar-refractivity contribution >= 4 is 11.8 Å². The van der Waals surface area contributed by atoms with Crippen LogP contribution < -0.4 is 10.5 Å². The van der Waals surface area contributed by atoms with E-state index < -0.39 is 5.92 Å².